The molecule has 0 spiro atoms. The lowest BCUT2D eigenvalue weighted by Crippen LogP contribution is -2.36. The lowest BCUT2D eigenvalue weighted by atomic mass is 10.1. The van der Waals surface area contributed by atoms with Crippen molar-refractivity contribution in [3.63, 3.8) is 0 Å². The van der Waals surface area contributed by atoms with Crippen LogP contribution in [-0.2, 0) is 26.1 Å². The molecule has 0 atom stereocenters. The van der Waals surface area contributed by atoms with Gasteiger partial charge in [0.25, 0.3) is 0 Å². The summed E-state index contributed by atoms with van der Waals surface area (Å²) in [5, 5.41) is 7.85. The third-order valence-corrected chi connectivity index (χ3v) is 5.06. The van der Waals surface area contributed by atoms with E-state index in [1.165, 1.54) is 29.6 Å². The highest BCUT2D eigenvalue weighted by Crippen LogP contribution is 2.24. The highest BCUT2D eigenvalue weighted by Gasteiger charge is 2.13. The predicted octanol–water partition coefficient (Wildman–Crippen LogP) is 3.53. The van der Waals surface area contributed by atoms with E-state index in [2.05, 4.69) is 41.3 Å². The van der Waals surface area contributed by atoms with Gasteiger partial charge in [0, 0.05) is 36.7 Å². The zero-order chi connectivity index (χ0) is 18.6. The molecule has 0 bridgehead atoms. The fourth-order valence-corrected chi connectivity index (χ4v) is 3.61. The van der Waals surface area contributed by atoms with Crippen LogP contribution in [0.2, 0.25) is 0 Å². The molecule has 142 valence electrons. The van der Waals surface area contributed by atoms with E-state index in [0.29, 0.717) is 13.1 Å². The smallest absolute Gasteiger partial charge is 0.192 e. The van der Waals surface area contributed by atoms with Gasteiger partial charge in [-0.1, -0.05) is 18.2 Å². The minimum atomic E-state index is 0.578. The molecule has 6 heteroatoms. The maximum absolute atomic E-state index is 5.98. The van der Waals surface area contributed by atoms with Crippen molar-refractivity contribution in [1.29, 1.82) is 0 Å². The van der Waals surface area contributed by atoms with Crippen molar-refractivity contribution in [2.24, 2.45) is 4.99 Å². The lowest BCUT2D eigenvalue weighted by molar-refractivity contribution is 0.522. The molecule has 0 fully saturated rings. The maximum Gasteiger partial charge on any atom is 0.192 e. The van der Waals surface area contributed by atoms with Crippen molar-refractivity contribution in [3.05, 3.63) is 53.3 Å². The number of hydrogen-bond acceptors (Lipinski definition) is 3. The second-order valence-corrected chi connectivity index (χ2v) is 6.99. The Hall–Kier alpha value is -2.76. The summed E-state index contributed by atoms with van der Waals surface area (Å²) in [4.78, 5) is 9.43. The number of nitrogens with zero attached hydrogens (tertiary/aromatic N) is 3. The summed E-state index contributed by atoms with van der Waals surface area (Å²) in [5.41, 5.74) is 3.14. The molecule has 0 amide bonds. The van der Waals surface area contributed by atoms with Gasteiger partial charge in [-0.2, -0.15) is 0 Å². The molecule has 0 unspecified atom stereocenters. The summed E-state index contributed by atoms with van der Waals surface area (Å²) in [6.07, 6.45) is 5.70. The van der Waals surface area contributed by atoms with Crippen molar-refractivity contribution >= 4 is 16.9 Å². The summed E-state index contributed by atoms with van der Waals surface area (Å²) in [6, 6.07) is 8.14. The molecule has 3 aromatic rings. The van der Waals surface area contributed by atoms with Crippen LogP contribution in [0, 0.1) is 6.92 Å². The summed E-state index contributed by atoms with van der Waals surface area (Å²) in [5.74, 6) is 2.92. The summed E-state index contributed by atoms with van der Waals surface area (Å²) in [6.45, 7) is 7.24. The van der Waals surface area contributed by atoms with Crippen LogP contribution in [0.4, 0.5) is 0 Å². The number of rotatable bonds is 5. The first-order valence-corrected chi connectivity index (χ1v) is 9.78. The van der Waals surface area contributed by atoms with Crippen molar-refractivity contribution in [3.8, 4) is 0 Å². The Morgan fingerprint density at radius 2 is 2.15 bits per heavy atom. The minimum Gasteiger partial charge on any atom is -0.459 e. The minimum absolute atomic E-state index is 0.578. The Labute approximate surface area is 159 Å². The molecule has 0 saturated heterocycles. The van der Waals surface area contributed by atoms with Crippen molar-refractivity contribution < 1.29 is 4.42 Å². The Morgan fingerprint density at radius 3 is 2.96 bits per heavy atom. The number of benzene rings is 1. The number of hydrogen-bond donors (Lipinski definition) is 2. The largest absolute Gasteiger partial charge is 0.459 e. The van der Waals surface area contributed by atoms with Gasteiger partial charge in [-0.05, 0) is 32.8 Å². The first kappa shape index (κ1) is 17.6. The molecule has 27 heavy (non-hydrogen) atoms. The van der Waals surface area contributed by atoms with E-state index in [1.54, 1.807) is 0 Å². The fourth-order valence-electron chi connectivity index (χ4n) is 3.61. The SMILES string of the molecule is CCNC(=NCc1cn2c(n1)CCCC2)NCc1oc2ccccc2c1C. The fraction of sp³-hybridized carbons (Fsp3) is 0.429. The first-order chi connectivity index (χ1) is 13.2. The molecule has 2 N–H and O–H groups in total. The number of imidazole rings is 1. The predicted molar refractivity (Wildman–Crippen MR) is 108 cm³/mol. The van der Waals surface area contributed by atoms with Crippen LogP contribution in [0.25, 0.3) is 11.0 Å². The molecular weight excluding hydrogens is 338 g/mol. The molecular formula is C21H27N5O. The number of nitrogens with one attached hydrogen (secondary N) is 2. The maximum atomic E-state index is 5.98. The van der Waals surface area contributed by atoms with Gasteiger partial charge in [0.1, 0.15) is 17.2 Å². The highest BCUT2D eigenvalue weighted by atomic mass is 16.3. The summed E-state index contributed by atoms with van der Waals surface area (Å²) in [7, 11) is 0. The molecule has 0 aliphatic carbocycles. The van der Waals surface area contributed by atoms with Gasteiger partial charge < -0.3 is 19.6 Å². The summed E-state index contributed by atoms with van der Waals surface area (Å²) < 4.78 is 8.25. The van der Waals surface area contributed by atoms with Crippen LogP contribution < -0.4 is 10.6 Å². The molecule has 0 radical (unpaired) electrons. The lowest BCUT2D eigenvalue weighted by Gasteiger charge is -2.11. The number of fused-ring (bicyclic) bond motifs is 2. The molecule has 1 aliphatic rings. The zero-order valence-electron chi connectivity index (χ0n) is 16.1. The number of furan rings is 1. The van der Waals surface area contributed by atoms with E-state index in [9.17, 15) is 0 Å². The van der Waals surface area contributed by atoms with E-state index in [4.69, 9.17) is 14.4 Å². The van der Waals surface area contributed by atoms with Crippen LogP contribution >= 0.6 is 0 Å². The molecule has 1 aliphatic heterocycles. The van der Waals surface area contributed by atoms with Crippen molar-refractivity contribution in [1.82, 2.24) is 20.2 Å². The molecule has 4 rings (SSSR count). The summed E-state index contributed by atoms with van der Waals surface area (Å²) >= 11 is 0. The van der Waals surface area contributed by atoms with Gasteiger partial charge in [0.2, 0.25) is 0 Å². The van der Waals surface area contributed by atoms with E-state index >= 15 is 0 Å². The molecule has 0 saturated carbocycles. The van der Waals surface area contributed by atoms with Gasteiger partial charge in [0.05, 0.1) is 18.8 Å². The highest BCUT2D eigenvalue weighted by molar-refractivity contribution is 5.83. The Kier molecular flexibility index (Phi) is 5.14. The normalized spacial score (nSPS) is 14.4. The second-order valence-electron chi connectivity index (χ2n) is 6.99. The second kappa shape index (κ2) is 7.86. The first-order valence-electron chi connectivity index (χ1n) is 9.78. The monoisotopic (exact) mass is 365 g/mol. The topological polar surface area (TPSA) is 67.4 Å². The van der Waals surface area contributed by atoms with Gasteiger partial charge in [-0.25, -0.2) is 9.98 Å². The zero-order valence-corrected chi connectivity index (χ0v) is 16.1. The van der Waals surface area contributed by atoms with E-state index < -0.39 is 0 Å². The average molecular weight is 365 g/mol. The number of aryl methyl sites for hydroxylation is 3. The van der Waals surface area contributed by atoms with Crippen LogP contribution in [0.1, 0.15) is 42.6 Å². The van der Waals surface area contributed by atoms with Gasteiger partial charge in [-0.3, -0.25) is 0 Å². The third-order valence-electron chi connectivity index (χ3n) is 5.06. The Balaban J connectivity index is 1.44. The molecule has 6 nitrogen and oxygen atoms in total. The van der Waals surface area contributed by atoms with Gasteiger partial charge >= 0.3 is 0 Å². The number of guanidine groups is 1. The molecule has 2 aromatic heterocycles. The van der Waals surface area contributed by atoms with Gasteiger partial charge in [0.15, 0.2) is 5.96 Å². The van der Waals surface area contributed by atoms with Crippen molar-refractivity contribution in [2.45, 2.75) is 52.7 Å². The van der Waals surface area contributed by atoms with Gasteiger partial charge in [-0.15, -0.1) is 0 Å². The Bertz CT molecular complexity index is 929. The number of para-hydroxylation sites is 1. The van der Waals surface area contributed by atoms with Crippen LogP contribution in [0.15, 0.2) is 39.9 Å². The van der Waals surface area contributed by atoms with E-state index in [0.717, 1.165) is 42.5 Å². The van der Waals surface area contributed by atoms with Crippen LogP contribution in [-0.4, -0.2) is 22.1 Å². The quantitative estimate of drug-likeness (QED) is 0.536. The number of aromatic nitrogens is 2. The molecule has 1 aromatic carbocycles. The molecule has 3 heterocycles. The average Bonchev–Trinajstić information content (AvgIpc) is 3.25. The third kappa shape index (κ3) is 3.84. The van der Waals surface area contributed by atoms with Crippen molar-refractivity contribution in [2.75, 3.05) is 6.54 Å². The Morgan fingerprint density at radius 1 is 1.26 bits per heavy atom. The standard InChI is InChI=1S/C21H27N5O/c1-3-22-21(23-12-16-14-26-11-7-6-10-20(26)25-16)24-13-19-15(2)17-8-4-5-9-18(17)27-19/h4-5,8-9,14H,3,6-7,10-13H2,1-2H3,(H2,22,23,24). The van der Waals surface area contributed by atoms with E-state index in [1.807, 2.05) is 18.2 Å². The van der Waals surface area contributed by atoms with Crippen LogP contribution in [0.5, 0.6) is 0 Å². The van der Waals surface area contributed by atoms with Crippen LogP contribution in [0.3, 0.4) is 0 Å². The van der Waals surface area contributed by atoms with E-state index in [-0.39, 0.29) is 0 Å². The number of aliphatic imine (C=N–C) groups is 1.